The second-order valence-electron chi connectivity index (χ2n) is 3.05. The van der Waals surface area contributed by atoms with E-state index in [0.717, 1.165) is 4.90 Å². The zero-order valence-corrected chi connectivity index (χ0v) is 8.60. The fourth-order valence-electron chi connectivity index (χ4n) is 1.07. The lowest BCUT2D eigenvalue weighted by Crippen LogP contribution is -2.31. The zero-order valence-electron chi connectivity index (χ0n) is 7.85. The Hall–Kier alpha value is -1.17. The third-order valence-corrected chi connectivity index (χ3v) is 1.90. The molecule has 1 aromatic heterocycles. The van der Waals surface area contributed by atoms with E-state index < -0.39 is 12.7 Å². The Morgan fingerprint density at radius 1 is 1.53 bits per heavy atom. The van der Waals surface area contributed by atoms with Gasteiger partial charge in [0.1, 0.15) is 12.4 Å². The number of pyridine rings is 1. The van der Waals surface area contributed by atoms with Crippen LogP contribution >= 0.6 is 11.6 Å². The van der Waals surface area contributed by atoms with Gasteiger partial charge in [0.05, 0.1) is 16.9 Å². The van der Waals surface area contributed by atoms with Crippen molar-refractivity contribution >= 4 is 23.1 Å². The van der Waals surface area contributed by atoms with E-state index in [9.17, 15) is 13.2 Å². The van der Waals surface area contributed by atoms with Crippen LogP contribution in [0.2, 0.25) is 5.02 Å². The average Bonchev–Trinajstić information content (AvgIpc) is 1.99. The number of rotatable bonds is 2. The average molecular weight is 240 g/mol. The number of nitrogen functional groups attached to an aromatic ring is 1. The maximum absolute atomic E-state index is 12.1. The molecule has 3 nitrogen and oxygen atoms in total. The van der Waals surface area contributed by atoms with E-state index in [-0.39, 0.29) is 10.8 Å². The molecule has 0 atom stereocenters. The molecule has 15 heavy (non-hydrogen) atoms. The van der Waals surface area contributed by atoms with Gasteiger partial charge in [-0.15, -0.1) is 0 Å². The lowest BCUT2D eigenvalue weighted by molar-refractivity contribution is -0.119. The molecule has 0 radical (unpaired) electrons. The van der Waals surface area contributed by atoms with Crippen molar-refractivity contribution in [3.8, 4) is 0 Å². The SMILES string of the molecule is CN(CC(F)(F)F)c1ncc(N)cc1Cl. The summed E-state index contributed by atoms with van der Waals surface area (Å²) in [4.78, 5) is 4.65. The van der Waals surface area contributed by atoms with Gasteiger partial charge in [0.25, 0.3) is 0 Å². The Bertz CT molecular complexity index is 353. The molecule has 0 saturated carbocycles. The van der Waals surface area contributed by atoms with Crippen LogP contribution in [-0.4, -0.2) is 24.8 Å². The van der Waals surface area contributed by atoms with Gasteiger partial charge in [-0.1, -0.05) is 11.6 Å². The van der Waals surface area contributed by atoms with Gasteiger partial charge in [0.2, 0.25) is 0 Å². The summed E-state index contributed by atoms with van der Waals surface area (Å²) in [5.41, 5.74) is 5.68. The highest BCUT2D eigenvalue weighted by atomic mass is 35.5. The van der Waals surface area contributed by atoms with Gasteiger partial charge in [0, 0.05) is 7.05 Å². The lowest BCUT2D eigenvalue weighted by atomic mass is 10.4. The predicted molar refractivity (Wildman–Crippen MR) is 53.0 cm³/mol. The molecule has 0 aliphatic carbocycles. The minimum Gasteiger partial charge on any atom is -0.397 e. The minimum atomic E-state index is -4.29. The second kappa shape index (κ2) is 4.14. The highest BCUT2D eigenvalue weighted by Gasteiger charge is 2.30. The number of nitrogens with two attached hydrogens (primary N) is 1. The molecule has 1 aromatic rings. The molecule has 0 bridgehead atoms. The monoisotopic (exact) mass is 239 g/mol. The molecule has 0 aromatic carbocycles. The van der Waals surface area contributed by atoms with Gasteiger partial charge in [0.15, 0.2) is 0 Å². The Labute approximate surface area is 89.6 Å². The van der Waals surface area contributed by atoms with E-state index in [2.05, 4.69) is 4.98 Å². The molecule has 84 valence electrons. The smallest absolute Gasteiger partial charge is 0.397 e. The lowest BCUT2D eigenvalue weighted by Gasteiger charge is -2.20. The first-order valence-corrected chi connectivity index (χ1v) is 4.36. The van der Waals surface area contributed by atoms with Gasteiger partial charge in [-0.05, 0) is 6.07 Å². The summed E-state index contributed by atoms with van der Waals surface area (Å²) in [6, 6.07) is 1.36. The van der Waals surface area contributed by atoms with Crippen molar-refractivity contribution in [3.05, 3.63) is 17.3 Å². The van der Waals surface area contributed by atoms with Crippen LogP contribution in [0.1, 0.15) is 0 Å². The molecule has 0 fully saturated rings. The Balaban J connectivity index is 2.87. The first kappa shape index (κ1) is 11.9. The predicted octanol–water partition coefficient (Wildman–Crippen LogP) is 2.32. The van der Waals surface area contributed by atoms with Crippen LogP contribution in [0, 0.1) is 0 Å². The zero-order chi connectivity index (χ0) is 11.6. The molecule has 0 saturated heterocycles. The molecule has 7 heteroatoms. The Kier molecular flexibility index (Phi) is 3.28. The molecule has 1 rings (SSSR count). The van der Waals surface area contributed by atoms with E-state index >= 15 is 0 Å². The quantitative estimate of drug-likeness (QED) is 0.861. The van der Waals surface area contributed by atoms with Crippen LogP contribution in [0.4, 0.5) is 24.7 Å². The van der Waals surface area contributed by atoms with E-state index in [1.807, 2.05) is 0 Å². The topological polar surface area (TPSA) is 42.2 Å². The van der Waals surface area contributed by atoms with Crippen molar-refractivity contribution in [3.63, 3.8) is 0 Å². The summed E-state index contributed by atoms with van der Waals surface area (Å²) < 4.78 is 36.2. The molecule has 0 aliphatic rings. The van der Waals surface area contributed by atoms with Gasteiger partial charge >= 0.3 is 6.18 Å². The number of hydrogen-bond donors (Lipinski definition) is 1. The molecule has 1 heterocycles. The molecule has 0 spiro atoms. The van der Waals surface area contributed by atoms with Crippen LogP contribution < -0.4 is 10.6 Å². The Morgan fingerprint density at radius 2 is 2.13 bits per heavy atom. The van der Waals surface area contributed by atoms with Gasteiger partial charge in [-0.25, -0.2) is 4.98 Å². The molecule has 0 unspecified atom stereocenters. The van der Waals surface area contributed by atoms with Crippen molar-refractivity contribution in [1.82, 2.24) is 4.98 Å². The first-order valence-electron chi connectivity index (χ1n) is 3.98. The number of halogens is 4. The van der Waals surface area contributed by atoms with Crippen LogP contribution in [0.3, 0.4) is 0 Å². The molecular weight excluding hydrogens is 231 g/mol. The van der Waals surface area contributed by atoms with E-state index in [0.29, 0.717) is 5.69 Å². The van der Waals surface area contributed by atoms with Crippen molar-refractivity contribution < 1.29 is 13.2 Å². The second-order valence-corrected chi connectivity index (χ2v) is 3.45. The third-order valence-electron chi connectivity index (χ3n) is 1.62. The van der Waals surface area contributed by atoms with Crippen LogP contribution in [0.25, 0.3) is 0 Å². The van der Waals surface area contributed by atoms with Crippen molar-refractivity contribution in [1.29, 1.82) is 0 Å². The van der Waals surface area contributed by atoms with Crippen molar-refractivity contribution in [2.45, 2.75) is 6.18 Å². The minimum absolute atomic E-state index is 0.0585. The first-order chi connectivity index (χ1) is 6.79. The Morgan fingerprint density at radius 3 is 2.60 bits per heavy atom. The maximum Gasteiger partial charge on any atom is 0.405 e. The number of aromatic nitrogens is 1. The summed E-state index contributed by atoms with van der Waals surface area (Å²) in [7, 11) is 1.26. The summed E-state index contributed by atoms with van der Waals surface area (Å²) >= 11 is 5.70. The number of nitrogens with zero attached hydrogens (tertiary/aromatic N) is 2. The summed E-state index contributed by atoms with van der Waals surface area (Å²) in [6.45, 7) is -1.11. The summed E-state index contributed by atoms with van der Waals surface area (Å²) in [6.07, 6.45) is -3.03. The van der Waals surface area contributed by atoms with E-state index in [4.69, 9.17) is 17.3 Å². The van der Waals surface area contributed by atoms with Crippen LogP contribution in [0.5, 0.6) is 0 Å². The third kappa shape index (κ3) is 3.47. The normalized spacial score (nSPS) is 11.5. The molecule has 0 amide bonds. The van der Waals surface area contributed by atoms with Crippen molar-refractivity contribution in [2.24, 2.45) is 0 Å². The van der Waals surface area contributed by atoms with Gasteiger partial charge < -0.3 is 10.6 Å². The van der Waals surface area contributed by atoms with E-state index in [1.54, 1.807) is 0 Å². The van der Waals surface area contributed by atoms with E-state index in [1.165, 1.54) is 19.3 Å². The van der Waals surface area contributed by atoms with Gasteiger partial charge in [-0.2, -0.15) is 13.2 Å². The summed E-state index contributed by atoms with van der Waals surface area (Å²) in [5, 5.41) is 0.0988. The number of alkyl halides is 3. The van der Waals surface area contributed by atoms with Crippen LogP contribution in [-0.2, 0) is 0 Å². The highest BCUT2D eigenvalue weighted by molar-refractivity contribution is 6.33. The fraction of sp³-hybridized carbons (Fsp3) is 0.375. The number of hydrogen-bond acceptors (Lipinski definition) is 3. The standard InChI is InChI=1S/C8H9ClF3N3/c1-15(4-8(10,11)12)7-6(9)2-5(13)3-14-7/h2-3H,4,13H2,1H3. The van der Waals surface area contributed by atoms with Crippen LogP contribution in [0.15, 0.2) is 12.3 Å². The molecule has 2 N–H and O–H groups in total. The van der Waals surface area contributed by atoms with Crippen molar-refractivity contribution in [2.75, 3.05) is 24.2 Å². The number of anilines is 2. The molecular formula is C8H9ClF3N3. The maximum atomic E-state index is 12.1. The summed E-state index contributed by atoms with van der Waals surface area (Å²) in [5.74, 6) is 0.0585. The van der Waals surface area contributed by atoms with Gasteiger partial charge in [-0.3, -0.25) is 0 Å². The largest absolute Gasteiger partial charge is 0.405 e. The highest BCUT2D eigenvalue weighted by Crippen LogP contribution is 2.26. The fourth-order valence-corrected chi connectivity index (χ4v) is 1.39. The molecule has 0 aliphatic heterocycles.